The van der Waals surface area contributed by atoms with Crippen LogP contribution in [0.1, 0.15) is 47.0 Å². The first kappa shape index (κ1) is 12.4. The first-order valence-electron chi connectivity index (χ1n) is 5.33. The van der Waals surface area contributed by atoms with Crippen LogP contribution in [0, 0.1) is 5.92 Å². The second kappa shape index (κ2) is 6.89. The zero-order valence-electron chi connectivity index (χ0n) is 9.43. The Bertz CT molecular complexity index is 99.2. The first-order chi connectivity index (χ1) is 5.63. The summed E-state index contributed by atoms with van der Waals surface area (Å²) in [5, 5.41) is 0. The van der Waals surface area contributed by atoms with Crippen molar-refractivity contribution in [3.8, 4) is 0 Å². The Morgan fingerprint density at radius 2 is 1.75 bits per heavy atom. The Labute approximate surface area is 79.9 Å². The third-order valence-electron chi connectivity index (χ3n) is 2.69. The van der Waals surface area contributed by atoms with Gasteiger partial charge in [0.2, 0.25) is 0 Å². The van der Waals surface area contributed by atoms with Crippen molar-refractivity contribution >= 4 is 7.92 Å². The van der Waals surface area contributed by atoms with Gasteiger partial charge in [-0.3, -0.25) is 0 Å². The highest BCUT2D eigenvalue weighted by Crippen LogP contribution is 2.43. The second-order valence-electron chi connectivity index (χ2n) is 4.03. The SMILES string of the molecule is CCCCC(C(C)C)P(C)CC. The van der Waals surface area contributed by atoms with Gasteiger partial charge in [-0.15, -0.1) is 7.92 Å². The molecule has 0 heterocycles. The summed E-state index contributed by atoms with van der Waals surface area (Å²) >= 11 is 0. The van der Waals surface area contributed by atoms with Gasteiger partial charge in [0.1, 0.15) is 0 Å². The van der Waals surface area contributed by atoms with E-state index in [2.05, 4.69) is 34.4 Å². The molecule has 0 aromatic heterocycles. The van der Waals surface area contributed by atoms with E-state index < -0.39 is 0 Å². The molecule has 0 aliphatic carbocycles. The summed E-state index contributed by atoms with van der Waals surface area (Å²) in [4.78, 5) is 0. The van der Waals surface area contributed by atoms with Crippen LogP contribution < -0.4 is 0 Å². The Balaban J connectivity index is 3.85. The molecule has 0 saturated heterocycles. The van der Waals surface area contributed by atoms with Gasteiger partial charge < -0.3 is 0 Å². The maximum Gasteiger partial charge on any atom is -0.0189 e. The fraction of sp³-hybridized carbons (Fsp3) is 1.00. The third-order valence-corrected chi connectivity index (χ3v) is 5.67. The topological polar surface area (TPSA) is 0 Å². The fourth-order valence-electron chi connectivity index (χ4n) is 1.71. The molecule has 0 rings (SSSR count). The van der Waals surface area contributed by atoms with Crippen molar-refractivity contribution in [3.05, 3.63) is 0 Å². The van der Waals surface area contributed by atoms with E-state index >= 15 is 0 Å². The number of unbranched alkanes of at least 4 members (excludes halogenated alkanes) is 1. The molecule has 0 fully saturated rings. The van der Waals surface area contributed by atoms with Crippen LogP contribution in [0.25, 0.3) is 0 Å². The number of hydrogen-bond acceptors (Lipinski definition) is 0. The average molecular weight is 188 g/mol. The van der Waals surface area contributed by atoms with Crippen LogP contribution in [0.4, 0.5) is 0 Å². The summed E-state index contributed by atoms with van der Waals surface area (Å²) in [6.07, 6.45) is 5.65. The predicted octanol–water partition coefficient (Wildman–Crippen LogP) is 4.33. The Hall–Kier alpha value is 0.430. The van der Waals surface area contributed by atoms with Crippen LogP contribution in [0.5, 0.6) is 0 Å². The molecule has 2 atom stereocenters. The molecule has 0 aliphatic rings. The summed E-state index contributed by atoms with van der Waals surface area (Å²) in [6.45, 7) is 11.9. The van der Waals surface area contributed by atoms with Gasteiger partial charge in [-0.25, -0.2) is 0 Å². The van der Waals surface area contributed by atoms with Gasteiger partial charge >= 0.3 is 0 Å². The van der Waals surface area contributed by atoms with Gasteiger partial charge in [0.15, 0.2) is 0 Å². The highest BCUT2D eigenvalue weighted by Gasteiger charge is 2.17. The molecule has 0 aliphatic heterocycles. The van der Waals surface area contributed by atoms with Crippen molar-refractivity contribution in [1.82, 2.24) is 0 Å². The van der Waals surface area contributed by atoms with E-state index in [-0.39, 0.29) is 0 Å². The molecular weight excluding hydrogens is 163 g/mol. The lowest BCUT2D eigenvalue weighted by Crippen LogP contribution is -2.14. The quantitative estimate of drug-likeness (QED) is 0.544. The molecule has 0 N–H and O–H groups in total. The molecule has 0 spiro atoms. The zero-order valence-corrected chi connectivity index (χ0v) is 10.3. The molecule has 0 aromatic carbocycles. The van der Waals surface area contributed by atoms with Crippen LogP contribution in [-0.2, 0) is 0 Å². The Kier molecular flexibility index (Phi) is 7.14. The normalized spacial score (nSPS) is 16.5. The van der Waals surface area contributed by atoms with E-state index in [9.17, 15) is 0 Å². The second-order valence-corrected chi connectivity index (χ2v) is 6.84. The molecule has 0 nitrogen and oxygen atoms in total. The number of hydrogen-bond donors (Lipinski definition) is 0. The highest BCUT2D eigenvalue weighted by atomic mass is 31.1. The van der Waals surface area contributed by atoms with Crippen LogP contribution in [-0.4, -0.2) is 18.5 Å². The van der Waals surface area contributed by atoms with Crippen LogP contribution in [0.15, 0.2) is 0 Å². The van der Waals surface area contributed by atoms with Crippen molar-refractivity contribution in [2.24, 2.45) is 5.92 Å². The lowest BCUT2D eigenvalue weighted by atomic mass is 10.1. The Morgan fingerprint density at radius 3 is 2.08 bits per heavy atom. The minimum absolute atomic E-state index is 0.307. The van der Waals surface area contributed by atoms with Crippen molar-refractivity contribution in [1.29, 1.82) is 0 Å². The summed E-state index contributed by atoms with van der Waals surface area (Å²) in [5.41, 5.74) is 1.02. The lowest BCUT2D eigenvalue weighted by molar-refractivity contribution is 0.544. The molecule has 12 heavy (non-hydrogen) atoms. The minimum atomic E-state index is 0.307. The van der Waals surface area contributed by atoms with E-state index in [1.807, 2.05) is 0 Å². The maximum absolute atomic E-state index is 2.47. The molecule has 74 valence electrons. The van der Waals surface area contributed by atoms with Crippen molar-refractivity contribution in [2.45, 2.75) is 52.6 Å². The summed E-state index contributed by atoms with van der Waals surface area (Å²) in [5.74, 6) is 0.896. The van der Waals surface area contributed by atoms with E-state index in [0.717, 1.165) is 11.6 Å². The zero-order chi connectivity index (χ0) is 9.56. The first-order valence-corrected chi connectivity index (χ1v) is 7.38. The van der Waals surface area contributed by atoms with Crippen molar-refractivity contribution < 1.29 is 0 Å². The Morgan fingerprint density at radius 1 is 1.17 bits per heavy atom. The van der Waals surface area contributed by atoms with Crippen LogP contribution in [0.2, 0.25) is 0 Å². The van der Waals surface area contributed by atoms with Gasteiger partial charge in [-0.05, 0) is 30.8 Å². The monoisotopic (exact) mass is 188 g/mol. The molecule has 0 radical (unpaired) electrons. The molecular formula is C11H25P. The van der Waals surface area contributed by atoms with E-state index in [1.54, 1.807) is 0 Å². The van der Waals surface area contributed by atoms with E-state index in [1.165, 1.54) is 25.4 Å². The summed E-state index contributed by atoms with van der Waals surface area (Å²) in [6, 6.07) is 0. The molecule has 0 saturated carbocycles. The predicted molar refractivity (Wildman–Crippen MR) is 61.5 cm³/mol. The van der Waals surface area contributed by atoms with E-state index in [4.69, 9.17) is 0 Å². The third kappa shape index (κ3) is 4.45. The standard InChI is InChI=1S/C11H25P/c1-6-8-9-11(10(3)4)12(5)7-2/h10-11H,6-9H2,1-5H3. The molecule has 1 heteroatoms. The van der Waals surface area contributed by atoms with Crippen molar-refractivity contribution in [3.63, 3.8) is 0 Å². The molecule has 2 unspecified atom stereocenters. The van der Waals surface area contributed by atoms with Gasteiger partial charge in [0.25, 0.3) is 0 Å². The summed E-state index contributed by atoms with van der Waals surface area (Å²) < 4.78 is 0. The largest absolute Gasteiger partial charge is 0.107 e. The van der Waals surface area contributed by atoms with Gasteiger partial charge in [-0.2, -0.15) is 0 Å². The fourth-order valence-corrected chi connectivity index (χ4v) is 3.82. The molecule has 0 bridgehead atoms. The summed E-state index contributed by atoms with van der Waals surface area (Å²) in [7, 11) is 0.307. The van der Waals surface area contributed by atoms with Crippen molar-refractivity contribution in [2.75, 3.05) is 12.8 Å². The lowest BCUT2D eigenvalue weighted by Gasteiger charge is -2.27. The van der Waals surface area contributed by atoms with Gasteiger partial charge in [0, 0.05) is 0 Å². The highest BCUT2D eigenvalue weighted by molar-refractivity contribution is 7.57. The van der Waals surface area contributed by atoms with Crippen LogP contribution >= 0.6 is 7.92 Å². The van der Waals surface area contributed by atoms with E-state index in [0.29, 0.717) is 7.92 Å². The van der Waals surface area contributed by atoms with Gasteiger partial charge in [0.05, 0.1) is 0 Å². The minimum Gasteiger partial charge on any atom is -0.107 e. The maximum atomic E-state index is 2.47. The van der Waals surface area contributed by atoms with Crippen LogP contribution in [0.3, 0.4) is 0 Å². The average Bonchev–Trinajstić information content (AvgIpc) is 2.04. The molecule has 0 aromatic rings. The molecule has 0 amide bonds. The number of rotatable bonds is 6. The smallest absolute Gasteiger partial charge is 0.0189 e. The van der Waals surface area contributed by atoms with Gasteiger partial charge in [-0.1, -0.05) is 40.5 Å².